The van der Waals surface area contributed by atoms with Gasteiger partial charge in [0.1, 0.15) is 17.3 Å². The number of hydrogen-bond acceptors (Lipinski definition) is 3. The van der Waals surface area contributed by atoms with E-state index in [0.717, 1.165) is 12.1 Å². The molecule has 0 radical (unpaired) electrons. The molecule has 0 spiro atoms. The van der Waals surface area contributed by atoms with E-state index in [0.29, 0.717) is 6.07 Å². The molecule has 1 heterocycles. The van der Waals surface area contributed by atoms with Crippen molar-refractivity contribution in [1.29, 1.82) is 0 Å². The Bertz CT molecular complexity index is 643. The number of nitrogens with zero attached hydrogens (tertiary/aromatic N) is 1. The fraction of sp³-hybridized carbons (Fsp3) is 0.214. The lowest BCUT2D eigenvalue weighted by molar-refractivity contribution is -0.138. The second kappa shape index (κ2) is 5.69. The topological polar surface area (TPSA) is 48.1 Å². The van der Waals surface area contributed by atoms with Gasteiger partial charge in [0.25, 0.3) is 0 Å². The Morgan fingerprint density at radius 3 is 2.57 bits per heavy atom. The van der Waals surface area contributed by atoms with Crippen molar-refractivity contribution < 1.29 is 22.3 Å². The minimum Gasteiger partial charge on any atom is -0.495 e. The van der Waals surface area contributed by atoms with Gasteiger partial charge < -0.3 is 10.5 Å². The summed E-state index contributed by atoms with van der Waals surface area (Å²) in [5.41, 5.74) is 4.57. The molecule has 2 rings (SSSR count). The van der Waals surface area contributed by atoms with E-state index in [1.165, 1.54) is 19.4 Å². The second-order valence-corrected chi connectivity index (χ2v) is 4.30. The van der Waals surface area contributed by atoms with Gasteiger partial charge in [0, 0.05) is 6.20 Å². The Morgan fingerprint density at radius 2 is 1.95 bits per heavy atom. The molecule has 1 aromatic heterocycles. The lowest BCUT2D eigenvalue weighted by atomic mass is 9.97. The van der Waals surface area contributed by atoms with Gasteiger partial charge in [-0.15, -0.1) is 0 Å². The maximum Gasteiger partial charge on any atom is 0.416 e. The minimum absolute atomic E-state index is 0.107. The van der Waals surface area contributed by atoms with Crippen molar-refractivity contribution in [3.8, 4) is 5.75 Å². The molecule has 1 aromatic carbocycles. The van der Waals surface area contributed by atoms with Crippen LogP contribution in [-0.4, -0.2) is 12.1 Å². The first kappa shape index (κ1) is 15.2. The average molecular weight is 300 g/mol. The number of rotatable bonds is 3. The highest BCUT2D eigenvalue weighted by molar-refractivity contribution is 5.41. The molecular formula is C14H12F4N2O. The van der Waals surface area contributed by atoms with E-state index >= 15 is 0 Å². The number of benzene rings is 1. The van der Waals surface area contributed by atoms with Gasteiger partial charge in [-0.25, -0.2) is 4.39 Å². The fourth-order valence-electron chi connectivity index (χ4n) is 2.01. The number of ether oxygens (including phenoxy) is 1. The largest absolute Gasteiger partial charge is 0.495 e. The van der Waals surface area contributed by atoms with Crippen LogP contribution in [0, 0.1) is 5.82 Å². The zero-order chi connectivity index (χ0) is 15.6. The molecule has 0 amide bonds. The Labute approximate surface area is 118 Å². The van der Waals surface area contributed by atoms with Gasteiger partial charge in [-0.2, -0.15) is 13.2 Å². The summed E-state index contributed by atoms with van der Waals surface area (Å²) in [6, 6.07) is 4.00. The third kappa shape index (κ3) is 3.13. The summed E-state index contributed by atoms with van der Waals surface area (Å²) in [7, 11) is 1.35. The molecular weight excluding hydrogens is 288 g/mol. The number of aromatic nitrogens is 1. The molecule has 0 aliphatic heterocycles. The van der Waals surface area contributed by atoms with E-state index in [1.54, 1.807) is 6.07 Å². The standard InChI is InChI=1S/C14H12F4N2O/c1-21-11-3-2-6-20-13(11)12(19)9-7-8(15)4-5-10(9)14(16,17)18/h2-7,12H,19H2,1H3. The number of nitrogens with two attached hydrogens (primary N) is 1. The van der Waals surface area contributed by atoms with E-state index in [2.05, 4.69) is 4.98 Å². The molecule has 2 aromatic rings. The lowest BCUT2D eigenvalue weighted by Gasteiger charge is -2.19. The maximum absolute atomic E-state index is 13.3. The van der Waals surface area contributed by atoms with Crippen LogP contribution in [0.5, 0.6) is 5.75 Å². The molecule has 21 heavy (non-hydrogen) atoms. The highest BCUT2D eigenvalue weighted by atomic mass is 19.4. The maximum atomic E-state index is 13.3. The van der Waals surface area contributed by atoms with Crippen LogP contribution in [0.1, 0.15) is 22.9 Å². The number of pyridine rings is 1. The van der Waals surface area contributed by atoms with Crippen LogP contribution in [0.4, 0.5) is 17.6 Å². The molecule has 7 heteroatoms. The highest BCUT2D eigenvalue weighted by Gasteiger charge is 2.35. The molecule has 1 atom stereocenters. The zero-order valence-electron chi connectivity index (χ0n) is 11.0. The first-order valence-corrected chi connectivity index (χ1v) is 5.95. The lowest BCUT2D eigenvalue weighted by Crippen LogP contribution is -2.20. The number of hydrogen-bond donors (Lipinski definition) is 1. The second-order valence-electron chi connectivity index (χ2n) is 4.30. The van der Waals surface area contributed by atoms with E-state index in [4.69, 9.17) is 10.5 Å². The molecule has 3 nitrogen and oxygen atoms in total. The van der Waals surface area contributed by atoms with Crippen molar-refractivity contribution in [2.75, 3.05) is 7.11 Å². The smallest absolute Gasteiger partial charge is 0.416 e. The van der Waals surface area contributed by atoms with E-state index in [9.17, 15) is 17.6 Å². The van der Waals surface area contributed by atoms with Gasteiger partial charge in [0.2, 0.25) is 0 Å². The number of halogens is 4. The molecule has 0 bridgehead atoms. The molecule has 0 saturated heterocycles. The van der Waals surface area contributed by atoms with Crippen molar-refractivity contribution >= 4 is 0 Å². The Balaban J connectivity index is 2.57. The van der Waals surface area contributed by atoms with Crippen molar-refractivity contribution in [3.63, 3.8) is 0 Å². The summed E-state index contributed by atoms with van der Waals surface area (Å²) >= 11 is 0. The molecule has 0 fully saturated rings. The predicted octanol–water partition coefficient (Wildman–Crippen LogP) is 3.30. The Morgan fingerprint density at radius 1 is 1.24 bits per heavy atom. The first-order chi connectivity index (χ1) is 9.84. The van der Waals surface area contributed by atoms with Crippen LogP contribution in [0.25, 0.3) is 0 Å². The monoisotopic (exact) mass is 300 g/mol. The van der Waals surface area contributed by atoms with Crippen LogP contribution in [-0.2, 0) is 6.18 Å². The fourth-order valence-corrected chi connectivity index (χ4v) is 2.01. The van der Waals surface area contributed by atoms with Crippen molar-refractivity contribution in [1.82, 2.24) is 4.98 Å². The van der Waals surface area contributed by atoms with Crippen molar-refractivity contribution in [2.24, 2.45) is 5.73 Å². The van der Waals surface area contributed by atoms with Crippen LogP contribution in [0.2, 0.25) is 0 Å². The third-order valence-corrected chi connectivity index (χ3v) is 2.97. The molecule has 1 unspecified atom stereocenters. The number of methoxy groups -OCH3 is 1. The highest BCUT2D eigenvalue weighted by Crippen LogP contribution is 2.37. The molecule has 112 valence electrons. The van der Waals surface area contributed by atoms with Gasteiger partial charge in [0.05, 0.1) is 18.7 Å². The average Bonchev–Trinajstić information content (AvgIpc) is 2.45. The van der Waals surface area contributed by atoms with E-state index in [-0.39, 0.29) is 17.0 Å². The van der Waals surface area contributed by atoms with Crippen LogP contribution in [0.15, 0.2) is 36.5 Å². The van der Waals surface area contributed by atoms with Gasteiger partial charge >= 0.3 is 6.18 Å². The quantitative estimate of drug-likeness (QED) is 0.885. The van der Waals surface area contributed by atoms with E-state index < -0.39 is 23.6 Å². The summed E-state index contributed by atoms with van der Waals surface area (Å²) in [5, 5.41) is 0. The van der Waals surface area contributed by atoms with E-state index in [1.807, 2.05) is 0 Å². The molecule has 0 aliphatic rings. The summed E-state index contributed by atoms with van der Waals surface area (Å²) in [4.78, 5) is 3.94. The van der Waals surface area contributed by atoms with Gasteiger partial charge in [-0.1, -0.05) is 0 Å². The first-order valence-electron chi connectivity index (χ1n) is 5.95. The van der Waals surface area contributed by atoms with Crippen molar-refractivity contribution in [2.45, 2.75) is 12.2 Å². The Hall–Kier alpha value is -2.15. The zero-order valence-corrected chi connectivity index (χ0v) is 11.0. The molecule has 2 N–H and O–H groups in total. The van der Waals surface area contributed by atoms with Crippen LogP contribution < -0.4 is 10.5 Å². The van der Waals surface area contributed by atoms with Crippen molar-refractivity contribution in [3.05, 3.63) is 59.2 Å². The van der Waals surface area contributed by atoms with Gasteiger partial charge in [-0.05, 0) is 35.9 Å². The van der Waals surface area contributed by atoms with Gasteiger partial charge in [0.15, 0.2) is 0 Å². The van der Waals surface area contributed by atoms with Crippen LogP contribution >= 0.6 is 0 Å². The molecule has 0 aliphatic carbocycles. The van der Waals surface area contributed by atoms with Gasteiger partial charge in [-0.3, -0.25) is 4.98 Å². The normalized spacial score (nSPS) is 13.0. The third-order valence-electron chi connectivity index (χ3n) is 2.97. The summed E-state index contributed by atoms with van der Waals surface area (Å²) in [6.07, 6.45) is -3.26. The summed E-state index contributed by atoms with van der Waals surface area (Å²) in [6.45, 7) is 0. The molecule has 0 saturated carbocycles. The minimum atomic E-state index is -4.64. The SMILES string of the molecule is COc1cccnc1C(N)c1cc(F)ccc1C(F)(F)F. The van der Waals surface area contributed by atoms with Crippen LogP contribution in [0.3, 0.4) is 0 Å². The summed E-state index contributed by atoms with van der Waals surface area (Å²) < 4.78 is 57.4. The summed E-state index contributed by atoms with van der Waals surface area (Å²) in [5.74, 6) is -0.564. The predicted molar refractivity (Wildman–Crippen MR) is 68.2 cm³/mol. The Kier molecular flexibility index (Phi) is 4.13. The number of alkyl halides is 3.